The van der Waals surface area contributed by atoms with Crippen molar-refractivity contribution in [3.8, 4) is 0 Å². The summed E-state index contributed by atoms with van der Waals surface area (Å²) in [6, 6.07) is 7.88. The Morgan fingerprint density at radius 3 is 2.81 bits per heavy atom. The highest BCUT2D eigenvalue weighted by molar-refractivity contribution is 5.92. The third-order valence-corrected chi connectivity index (χ3v) is 4.87. The molecule has 0 spiro atoms. The smallest absolute Gasteiger partial charge is 0.287 e. The molecule has 1 saturated heterocycles. The van der Waals surface area contributed by atoms with E-state index in [2.05, 4.69) is 22.1 Å². The Morgan fingerprint density at radius 2 is 2.12 bits per heavy atom. The highest BCUT2D eigenvalue weighted by Crippen LogP contribution is 2.21. The van der Waals surface area contributed by atoms with Crippen LogP contribution in [-0.4, -0.2) is 34.9 Å². The van der Waals surface area contributed by atoms with Crippen LogP contribution in [0.25, 0.3) is 0 Å². The van der Waals surface area contributed by atoms with Crippen molar-refractivity contribution < 1.29 is 9.21 Å². The minimum Gasteiger partial charge on any atom is -0.456 e. The fraction of sp³-hybridized carbons (Fsp3) is 0.524. The van der Waals surface area contributed by atoms with E-state index in [1.165, 1.54) is 12.8 Å². The Bertz CT molecular complexity index is 747. The lowest BCUT2D eigenvalue weighted by molar-refractivity contribution is 0.0910. The summed E-state index contributed by atoms with van der Waals surface area (Å²) < 4.78 is 5.85. The van der Waals surface area contributed by atoms with Gasteiger partial charge < -0.3 is 9.73 Å². The maximum absolute atomic E-state index is 12.6. The Morgan fingerprint density at radius 1 is 1.35 bits per heavy atom. The summed E-state index contributed by atoms with van der Waals surface area (Å²) in [6.07, 6.45) is 4.03. The highest BCUT2D eigenvalue weighted by Gasteiger charge is 2.20. The van der Waals surface area contributed by atoms with Crippen molar-refractivity contribution in [3.05, 3.63) is 52.7 Å². The molecule has 3 rings (SSSR count). The van der Waals surface area contributed by atoms with Gasteiger partial charge in [0.15, 0.2) is 5.76 Å². The predicted molar refractivity (Wildman–Crippen MR) is 102 cm³/mol. The third-order valence-electron chi connectivity index (χ3n) is 4.87. The van der Waals surface area contributed by atoms with Gasteiger partial charge in [0.1, 0.15) is 5.76 Å². The van der Waals surface area contributed by atoms with E-state index in [0.717, 1.165) is 48.8 Å². The first-order chi connectivity index (χ1) is 12.5. The van der Waals surface area contributed by atoms with Crippen LogP contribution in [0.2, 0.25) is 0 Å². The van der Waals surface area contributed by atoms with Crippen LogP contribution >= 0.6 is 0 Å². The monoisotopic (exact) mass is 355 g/mol. The first-order valence-corrected chi connectivity index (χ1v) is 9.62. The van der Waals surface area contributed by atoms with Crippen LogP contribution < -0.4 is 5.32 Å². The predicted octanol–water partition coefficient (Wildman–Crippen LogP) is 3.50. The van der Waals surface area contributed by atoms with Crippen LogP contribution in [0.5, 0.6) is 0 Å². The number of furan rings is 1. The summed E-state index contributed by atoms with van der Waals surface area (Å²) in [5.74, 6) is 1.20. The molecule has 2 aromatic heterocycles. The number of pyridine rings is 1. The molecule has 5 heteroatoms. The Hall–Kier alpha value is -2.14. The molecule has 26 heavy (non-hydrogen) atoms. The quantitative estimate of drug-likeness (QED) is 0.826. The van der Waals surface area contributed by atoms with Gasteiger partial charge in [0.05, 0.1) is 0 Å². The molecule has 140 valence electrons. The summed E-state index contributed by atoms with van der Waals surface area (Å²) in [5.41, 5.74) is 3.12. The average Bonchev–Trinajstić information content (AvgIpc) is 3.24. The standard InChI is InChI=1S/C21H29N3O2/c1-4-19-17(14-24-10-5-6-11-24)13-20(26-19)21(25)23-16(3)12-18-9-7-8-15(2)22-18/h7-9,13,16H,4-6,10-12,14H2,1-3H3,(H,23,25). The lowest BCUT2D eigenvalue weighted by atomic mass is 10.1. The van der Waals surface area contributed by atoms with Crippen molar-refractivity contribution in [1.29, 1.82) is 0 Å². The molecule has 1 aliphatic rings. The van der Waals surface area contributed by atoms with E-state index in [-0.39, 0.29) is 11.9 Å². The molecule has 2 aromatic rings. The molecule has 1 unspecified atom stereocenters. The van der Waals surface area contributed by atoms with Crippen molar-refractivity contribution in [2.45, 2.75) is 59.0 Å². The van der Waals surface area contributed by atoms with Gasteiger partial charge in [0.2, 0.25) is 0 Å². The maximum atomic E-state index is 12.6. The molecular weight excluding hydrogens is 326 g/mol. The van der Waals surface area contributed by atoms with Gasteiger partial charge in [-0.2, -0.15) is 0 Å². The molecular formula is C21H29N3O2. The number of aryl methyl sites for hydroxylation is 2. The second-order valence-corrected chi connectivity index (χ2v) is 7.24. The number of aromatic nitrogens is 1. The van der Waals surface area contributed by atoms with Gasteiger partial charge in [-0.05, 0) is 58.0 Å². The zero-order valence-corrected chi connectivity index (χ0v) is 16.0. The molecule has 1 atom stereocenters. The first-order valence-electron chi connectivity index (χ1n) is 9.62. The Balaban J connectivity index is 1.62. The highest BCUT2D eigenvalue weighted by atomic mass is 16.4. The lowest BCUT2D eigenvalue weighted by Gasteiger charge is -2.13. The average molecular weight is 355 g/mol. The third kappa shape index (κ3) is 4.73. The van der Waals surface area contributed by atoms with Gasteiger partial charge in [-0.3, -0.25) is 14.7 Å². The molecule has 5 nitrogen and oxygen atoms in total. The summed E-state index contributed by atoms with van der Waals surface area (Å²) in [5, 5.41) is 3.04. The lowest BCUT2D eigenvalue weighted by Crippen LogP contribution is -2.34. The summed E-state index contributed by atoms with van der Waals surface area (Å²) in [6.45, 7) is 9.19. The van der Waals surface area contributed by atoms with Gasteiger partial charge in [-0.1, -0.05) is 13.0 Å². The molecule has 0 aliphatic carbocycles. The van der Waals surface area contributed by atoms with Gasteiger partial charge in [0.25, 0.3) is 5.91 Å². The molecule has 0 bridgehead atoms. The molecule has 0 aromatic carbocycles. The molecule has 1 N–H and O–H groups in total. The van der Waals surface area contributed by atoms with Gasteiger partial charge >= 0.3 is 0 Å². The number of nitrogens with one attached hydrogen (secondary N) is 1. The Labute approximate surface area is 155 Å². The van der Waals surface area contributed by atoms with Gasteiger partial charge in [-0.25, -0.2) is 0 Å². The molecule has 1 aliphatic heterocycles. The normalized spacial score (nSPS) is 16.0. The van der Waals surface area contributed by atoms with Crippen molar-refractivity contribution in [3.63, 3.8) is 0 Å². The fourth-order valence-corrected chi connectivity index (χ4v) is 3.57. The van der Waals surface area contributed by atoms with Crippen LogP contribution in [-0.2, 0) is 19.4 Å². The number of carbonyl (C=O) groups is 1. The second-order valence-electron chi connectivity index (χ2n) is 7.24. The summed E-state index contributed by atoms with van der Waals surface area (Å²) in [4.78, 5) is 19.5. The van der Waals surface area contributed by atoms with Crippen molar-refractivity contribution in [2.75, 3.05) is 13.1 Å². The van der Waals surface area contributed by atoms with Crippen LogP contribution in [0.1, 0.15) is 60.0 Å². The van der Waals surface area contributed by atoms with E-state index < -0.39 is 0 Å². The summed E-state index contributed by atoms with van der Waals surface area (Å²) >= 11 is 0. The van der Waals surface area contributed by atoms with Crippen molar-refractivity contribution >= 4 is 5.91 Å². The van der Waals surface area contributed by atoms with E-state index in [0.29, 0.717) is 12.2 Å². The number of nitrogens with zero attached hydrogens (tertiary/aromatic N) is 2. The van der Waals surface area contributed by atoms with Crippen molar-refractivity contribution in [2.24, 2.45) is 0 Å². The first kappa shape index (κ1) is 18.6. The van der Waals surface area contributed by atoms with E-state index in [1.807, 2.05) is 38.1 Å². The Kier molecular flexibility index (Phi) is 6.09. The molecule has 0 radical (unpaired) electrons. The van der Waals surface area contributed by atoms with E-state index in [4.69, 9.17) is 4.42 Å². The summed E-state index contributed by atoms with van der Waals surface area (Å²) in [7, 11) is 0. The number of rotatable bonds is 7. The molecule has 3 heterocycles. The molecule has 0 saturated carbocycles. The topological polar surface area (TPSA) is 58.4 Å². The number of carbonyl (C=O) groups excluding carboxylic acids is 1. The molecule has 1 fully saturated rings. The second kappa shape index (κ2) is 8.49. The van der Waals surface area contributed by atoms with Crippen molar-refractivity contribution in [1.82, 2.24) is 15.2 Å². The number of hydrogen-bond acceptors (Lipinski definition) is 4. The number of likely N-dealkylation sites (tertiary alicyclic amines) is 1. The van der Waals surface area contributed by atoms with Crippen LogP contribution in [0, 0.1) is 6.92 Å². The van der Waals surface area contributed by atoms with E-state index in [1.54, 1.807) is 0 Å². The zero-order chi connectivity index (χ0) is 18.5. The van der Waals surface area contributed by atoms with Crippen LogP contribution in [0.15, 0.2) is 28.7 Å². The number of amides is 1. The van der Waals surface area contributed by atoms with E-state index >= 15 is 0 Å². The zero-order valence-electron chi connectivity index (χ0n) is 16.0. The number of hydrogen-bond donors (Lipinski definition) is 1. The minimum atomic E-state index is -0.146. The van der Waals surface area contributed by atoms with Gasteiger partial charge in [0, 0.05) is 42.4 Å². The SMILES string of the molecule is CCc1oc(C(=O)NC(C)Cc2cccc(C)n2)cc1CN1CCCC1. The molecule has 1 amide bonds. The van der Waals surface area contributed by atoms with Gasteiger partial charge in [-0.15, -0.1) is 0 Å². The fourth-order valence-electron chi connectivity index (χ4n) is 3.57. The largest absolute Gasteiger partial charge is 0.456 e. The van der Waals surface area contributed by atoms with Crippen LogP contribution in [0.3, 0.4) is 0 Å². The minimum absolute atomic E-state index is 0.00555. The maximum Gasteiger partial charge on any atom is 0.287 e. The van der Waals surface area contributed by atoms with E-state index in [9.17, 15) is 4.79 Å². The van der Waals surface area contributed by atoms with Crippen LogP contribution in [0.4, 0.5) is 0 Å².